The Hall–Kier alpha value is -2.46. The lowest BCUT2D eigenvalue weighted by Crippen LogP contribution is -2.37. The topological polar surface area (TPSA) is 97.6 Å². The van der Waals surface area contributed by atoms with Gasteiger partial charge in [0.15, 0.2) is 5.03 Å². The number of carbonyl (C=O) groups is 1. The molecule has 3 rings (SSSR count). The summed E-state index contributed by atoms with van der Waals surface area (Å²) in [6.45, 7) is 6.94. The number of hydrogen-bond donors (Lipinski definition) is 0. The van der Waals surface area contributed by atoms with Gasteiger partial charge in [-0.3, -0.25) is 4.79 Å². The Bertz CT molecular complexity index is 949. The monoisotopic (exact) mass is 421 g/mol. The summed E-state index contributed by atoms with van der Waals surface area (Å²) in [6.07, 6.45) is 3.57. The van der Waals surface area contributed by atoms with Crippen molar-refractivity contribution >= 4 is 15.9 Å². The summed E-state index contributed by atoms with van der Waals surface area (Å²) in [5, 5.41) is 0.0437. The molecule has 0 bridgehead atoms. The van der Waals surface area contributed by atoms with Gasteiger partial charge >= 0.3 is 0 Å². The third-order valence-electron chi connectivity index (χ3n) is 4.77. The van der Waals surface area contributed by atoms with Gasteiger partial charge in [-0.15, -0.1) is 0 Å². The molecule has 10 heteroatoms. The van der Waals surface area contributed by atoms with Crippen LogP contribution in [0.2, 0.25) is 0 Å². The van der Waals surface area contributed by atoms with E-state index in [-0.39, 0.29) is 23.6 Å². The Balaban J connectivity index is 1.68. The molecule has 158 valence electrons. The molecule has 0 N–H and O–H groups in total. The first-order valence-corrected chi connectivity index (χ1v) is 11.0. The van der Waals surface area contributed by atoms with Crippen LogP contribution in [-0.2, 0) is 17.1 Å². The van der Waals surface area contributed by atoms with Crippen LogP contribution in [0.1, 0.15) is 36.5 Å². The van der Waals surface area contributed by atoms with Gasteiger partial charge in [-0.25, -0.2) is 18.4 Å². The van der Waals surface area contributed by atoms with E-state index >= 15 is 0 Å². The van der Waals surface area contributed by atoms with E-state index in [0.29, 0.717) is 43.3 Å². The molecular weight excluding hydrogens is 394 g/mol. The molecule has 0 radical (unpaired) electrons. The zero-order chi connectivity index (χ0) is 21.2. The van der Waals surface area contributed by atoms with Crippen LogP contribution in [0.15, 0.2) is 29.6 Å². The number of sulfonamides is 1. The number of imidazole rings is 1. The van der Waals surface area contributed by atoms with E-state index in [9.17, 15) is 13.2 Å². The lowest BCUT2D eigenvalue weighted by Gasteiger charge is -2.21. The number of carbonyl (C=O) groups excluding carboxylic acids is 1. The summed E-state index contributed by atoms with van der Waals surface area (Å²) < 4.78 is 34.4. The van der Waals surface area contributed by atoms with Crippen LogP contribution in [0.25, 0.3) is 0 Å². The number of ether oxygens (including phenoxy) is 1. The Morgan fingerprint density at radius 2 is 1.93 bits per heavy atom. The summed E-state index contributed by atoms with van der Waals surface area (Å²) in [6, 6.07) is 3.36. The molecule has 0 aliphatic carbocycles. The van der Waals surface area contributed by atoms with Crippen LogP contribution >= 0.6 is 0 Å². The van der Waals surface area contributed by atoms with Crippen LogP contribution < -0.4 is 4.74 Å². The minimum absolute atomic E-state index is 0.00508. The Kier molecular flexibility index (Phi) is 6.23. The molecule has 3 heterocycles. The normalized spacial score (nSPS) is 16.1. The molecule has 1 aliphatic rings. The molecule has 0 unspecified atom stereocenters. The quantitative estimate of drug-likeness (QED) is 0.725. The molecule has 0 spiro atoms. The van der Waals surface area contributed by atoms with Gasteiger partial charge in [0.25, 0.3) is 15.9 Å². The molecule has 0 saturated carbocycles. The summed E-state index contributed by atoms with van der Waals surface area (Å²) in [4.78, 5) is 22.8. The number of aromatic nitrogens is 3. The van der Waals surface area contributed by atoms with Gasteiger partial charge in [-0.1, -0.05) is 0 Å². The lowest BCUT2D eigenvalue weighted by molar-refractivity contribution is 0.0763. The SMILES string of the molecule is Cc1nc(S(=O)(=O)N2CCCN(C(=O)c3ccc(OC(C)C)nc3)CC2)cn1C. The minimum Gasteiger partial charge on any atom is -0.475 e. The number of aryl methyl sites for hydroxylation is 2. The van der Waals surface area contributed by atoms with Crippen molar-refractivity contribution in [3.8, 4) is 5.88 Å². The number of amides is 1. The highest BCUT2D eigenvalue weighted by atomic mass is 32.2. The van der Waals surface area contributed by atoms with Gasteiger partial charge in [0.2, 0.25) is 5.88 Å². The van der Waals surface area contributed by atoms with E-state index in [2.05, 4.69) is 9.97 Å². The Labute approximate surface area is 171 Å². The van der Waals surface area contributed by atoms with Crippen molar-refractivity contribution in [3.63, 3.8) is 0 Å². The zero-order valence-electron chi connectivity index (χ0n) is 17.2. The summed E-state index contributed by atoms with van der Waals surface area (Å²) in [5.74, 6) is 0.935. The van der Waals surface area contributed by atoms with E-state index in [4.69, 9.17) is 4.74 Å². The minimum atomic E-state index is -3.68. The average molecular weight is 422 g/mol. The second-order valence-electron chi connectivity index (χ2n) is 7.34. The molecule has 1 fully saturated rings. The predicted octanol–water partition coefficient (Wildman–Crippen LogP) is 1.45. The summed E-state index contributed by atoms with van der Waals surface area (Å²) in [7, 11) is -1.92. The number of rotatable bonds is 5. The molecule has 1 amide bonds. The predicted molar refractivity (Wildman–Crippen MR) is 107 cm³/mol. The van der Waals surface area contributed by atoms with Crippen LogP contribution in [-0.4, -0.2) is 70.3 Å². The fourth-order valence-corrected chi connectivity index (χ4v) is 4.62. The number of pyridine rings is 1. The second kappa shape index (κ2) is 8.50. The van der Waals surface area contributed by atoms with E-state index in [1.807, 2.05) is 13.8 Å². The molecule has 9 nitrogen and oxygen atoms in total. The van der Waals surface area contributed by atoms with Gasteiger partial charge in [-0.2, -0.15) is 4.31 Å². The van der Waals surface area contributed by atoms with Crippen molar-refractivity contribution in [2.24, 2.45) is 7.05 Å². The van der Waals surface area contributed by atoms with Gasteiger partial charge in [0.1, 0.15) is 5.82 Å². The summed E-state index contributed by atoms with van der Waals surface area (Å²) >= 11 is 0. The molecule has 0 atom stereocenters. The molecule has 2 aromatic rings. The maximum atomic E-state index is 12.9. The largest absolute Gasteiger partial charge is 0.475 e. The molecule has 29 heavy (non-hydrogen) atoms. The fourth-order valence-electron chi connectivity index (χ4n) is 3.12. The van der Waals surface area contributed by atoms with Crippen molar-refractivity contribution in [2.45, 2.75) is 38.3 Å². The molecule has 1 saturated heterocycles. The maximum Gasteiger partial charge on any atom is 0.262 e. The maximum absolute atomic E-state index is 12.9. The number of nitrogens with zero attached hydrogens (tertiary/aromatic N) is 5. The van der Waals surface area contributed by atoms with Gasteiger partial charge < -0.3 is 14.2 Å². The fraction of sp³-hybridized carbons (Fsp3) is 0.526. The highest BCUT2D eigenvalue weighted by Gasteiger charge is 2.30. The van der Waals surface area contributed by atoms with Gasteiger partial charge in [0, 0.05) is 51.7 Å². The highest BCUT2D eigenvalue weighted by molar-refractivity contribution is 7.89. The molecule has 1 aliphatic heterocycles. The van der Waals surface area contributed by atoms with E-state index in [1.165, 1.54) is 16.7 Å². The van der Waals surface area contributed by atoms with Crippen LogP contribution in [0, 0.1) is 6.92 Å². The first-order valence-electron chi connectivity index (χ1n) is 9.60. The Morgan fingerprint density at radius 1 is 1.17 bits per heavy atom. The third-order valence-corrected chi connectivity index (χ3v) is 6.54. The molecular formula is C19H27N5O4S. The van der Waals surface area contributed by atoms with Crippen LogP contribution in [0.4, 0.5) is 0 Å². The van der Waals surface area contributed by atoms with Crippen molar-refractivity contribution in [1.29, 1.82) is 0 Å². The van der Waals surface area contributed by atoms with Crippen LogP contribution in [0.3, 0.4) is 0 Å². The van der Waals surface area contributed by atoms with Crippen LogP contribution in [0.5, 0.6) is 5.88 Å². The van der Waals surface area contributed by atoms with Crippen molar-refractivity contribution in [3.05, 3.63) is 35.9 Å². The summed E-state index contributed by atoms with van der Waals surface area (Å²) in [5.41, 5.74) is 0.456. The Morgan fingerprint density at radius 3 is 2.52 bits per heavy atom. The van der Waals surface area contributed by atoms with E-state index in [0.717, 1.165) is 0 Å². The van der Waals surface area contributed by atoms with Crippen molar-refractivity contribution < 1.29 is 17.9 Å². The number of hydrogen-bond acceptors (Lipinski definition) is 6. The first kappa shape index (κ1) is 21.3. The van der Waals surface area contributed by atoms with Gasteiger partial charge in [-0.05, 0) is 33.3 Å². The van der Waals surface area contributed by atoms with E-state index < -0.39 is 10.0 Å². The lowest BCUT2D eigenvalue weighted by atomic mass is 10.2. The second-order valence-corrected chi connectivity index (χ2v) is 9.22. The average Bonchev–Trinajstić information content (AvgIpc) is 2.87. The third kappa shape index (κ3) is 4.76. The standard InChI is InChI=1S/C19H27N5O4S/c1-14(2)28-17-7-6-16(12-20-17)19(25)23-8-5-9-24(11-10-23)29(26,27)18-13-22(4)15(3)21-18/h6-7,12-14H,5,8-11H2,1-4H3. The zero-order valence-corrected chi connectivity index (χ0v) is 18.0. The molecule has 2 aromatic heterocycles. The van der Waals surface area contributed by atoms with E-state index in [1.54, 1.807) is 35.6 Å². The van der Waals surface area contributed by atoms with Crippen molar-refractivity contribution in [1.82, 2.24) is 23.7 Å². The molecule has 0 aromatic carbocycles. The van der Waals surface area contributed by atoms with Crippen molar-refractivity contribution in [2.75, 3.05) is 26.2 Å². The smallest absolute Gasteiger partial charge is 0.262 e. The first-order chi connectivity index (χ1) is 13.7. The highest BCUT2D eigenvalue weighted by Crippen LogP contribution is 2.18. The van der Waals surface area contributed by atoms with Gasteiger partial charge in [0.05, 0.1) is 11.7 Å².